The summed E-state index contributed by atoms with van der Waals surface area (Å²) in [5.74, 6) is -1.54. The lowest BCUT2D eigenvalue weighted by molar-refractivity contribution is -0.138. The Kier molecular flexibility index (Phi) is 2.97. The van der Waals surface area contributed by atoms with Crippen LogP contribution in [0, 0.1) is 5.92 Å². The zero-order chi connectivity index (χ0) is 9.84. The Morgan fingerprint density at radius 3 is 2.85 bits per heavy atom. The second kappa shape index (κ2) is 4.00. The normalized spacial score (nSPS) is 23.2. The van der Waals surface area contributed by atoms with Crippen molar-refractivity contribution < 1.29 is 14.7 Å². The van der Waals surface area contributed by atoms with E-state index in [4.69, 9.17) is 10.8 Å². The van der Waals surface area contributed by atoms with Crippen LogP contribution in [0.5, 0.6) is 0 Å². The van der Waals surface area contributed by atoms with Gasteiger partial charge in [0.2, 0.25) is 0 Å². The molecule has 2 atom stereocenters. The van der Waals surface area contributed by atoms with Crippen LogP contribution in [0.1, 0.15) is 6.42 Å². The van der Waals surface area contributed by atoms with Crippen molar-refractivity contribution in [1.29, 1.82) is 0 Å². The van der Waals surface area contributed by atoms with E-state index in [1.165, 1.54) is 6.08 Å². The van der Waals surface area contributed by atoms with E-state index < -0.39 is 12.0 Å². The number of carbonyl (C=O) groups excluding carboxylic acids is 1. The second-order valence-corrected chi connectivity index (χ2v) is 2.93. The van der Waals surface area contributed by atoms with Gasteiger partial charge in [0.15, 0.2) is 5.78 Å². The van der Waals surface area contributed by atoms with Crippen LogP contribution in [0.15, 0.2) is 24.3 Å². The fourth-order valence-electron chi connectivity index (χ4n) is 1.14. The van der Waals surface area contributed by atoms with E-state index in [0.717, 1.165) is 0 Å². The van der Waals surface area contributed by atoms with Crippen molar-refractivity contribution in [2.24, 2.45) is 11.7 Å². The monoisotopic (exact) mass is 181 g/mol. The maximum Gasteiger partial charge on any atom is 0.320 e. The van der Waals surface area contributed by atoms with E-state index >= 15 is 0 Å². The van der Waals surface area contributed by atoms with E-state index in [-0.39, 0.29) is 18.1 Å². The first kappa shape index (κ1) is 9.67. The molecule has 0 radical (unpaired) electrons. The van der Waals surface area contributed by atoms with E-state index in [9.17, 15) is 9.59 Å². The maximum atomic E-state index is 11.2. The molecule has 1 aliphatic rings. The lowest BCUT2D eigenvalue weighted by Gasteiger charge is -2.13. The molecule has 0 heterocycles. The van der Waals surface area contributed by atoms with Crippen molar-refractivity contribution in [3.63, 3.8) is 0 Å². The van der Waals surface area contributed by atoms with Gasteiger partial charge in [-0.3, -0.25) is 9.59 Å². The number of allylic oxidation sites excluding steroid dienone is 4. The van der Waals surface area contributed by atoms with Crippen LogP contribution < -0.4 is 5.73 Å². The Morgan fingerprint density at radius 2 is 2.31 bits per heavy atom. The van der Waals surface area contributed by atoms with E-state index in [1.54, 1.807) is 18.2 Å². The van der Waals surface area contributed by atoms with E-state index in [2.05, 4.69) is 0 Å². The number of rotatable bonds is 3. The topological polar surface area (TPSA) is 80.4 Å². The molecule has 0 spiro atoms. The van der Waals surface area contributed by atoms with Gasteiger partial charge in [-0.05, 0) is 12.5 Å². The molecule has 0 fully saturated rings. The van der Waals surface area contributed by atoms with Crippen molar-refractivity contribution >= 4 is 11.8 Å². The molecular weight excluding hydrogens is 170 g/mol. The molecule has 0 aromatic heterocycles. The number of hydrogen-bond acceptors (Lipinski definition) is 3. The van der Waals surface area contributed by atoms with Crippen molar-refractivity contribution in [3.05, 3.63) is 24.3 Å². The Balaban J connectivity index is 2.54. The third kappa shape index (κ3) is 2.52. The Hall–Kier alpha value is -1.42. The number of hydrogen-bond donors (Lipinski definition) is 2. The molecule has 4 heteroatoms. The average Bonchev–Trinajstić information content (AvgIpc) is 2.08. The molecule has 0 saturated heterocycles. The summed E-state index contributed by atoms with van der Waals surface area (Å²) in [4.78, 5) is 21.6. The van der Waals surface area contributed by atoms with Gasteiger partial charge in [0.25, 0.3) is 0 Å². The van der Waals surface area contributed by atoms with Crippen LogP contribution >= 0.6 is 0 Å². The first-order valence-corrected chi connectivity index (χ1v) is 3.98. The smallest absolute Gasteiger partial charge is 0.320 e. The van der Waals surface area contributed by atoms with Crippen LogP contribution in [-0.2, 0) is 9.59 Å². The Bertz CT molecular complexity index is 281. The van der Waals surface area contributed by atoms with Gasteiger partial charge in [-0.1, -0.05) is 18.2 Å². The van der Waals surface area contributed by atoms with Gasteiger partial charge in [0, 0.05) is 5.92 Å². The first-order chi connectivity index (χ1) is 6.11. The highest BCUT2D eigenvalue weighted by Crippen LogP contribution is 2.13. The molecule has 0 aliphatic heterocycles. The summed E-state index contributed by atoms with van der Waals surface area (Å²) in [5, 5.41) is 8.52. The van der Waals surface area contributed by atoms with Crippen molar-refractivity contribution in [2.75, 3.05) is 0 Å². The van der Waals surface area contributed by atoms with Crippen molar-refractivity contribution in [3.8, 4) is 0 Å². The molecule has 0 bridgehead atoms. The lowest BCUT2D eigenvalue weighted by atomic mass is 9.92. The second-order valence-electron chi connectivity index (χ2n) is 2.93. The van der Waals surface area contributed by atoms with Crippen LogP contribution in [0.2, 0.25) is 0 Å². The highest BCUT2D eigenvalue weighted by Gasteiger charge is 2.21. The van der Waals surface area contributed by atoms with E-state index in [1.807, 2.05) is 0 Å². The molecule has 13 heavy (non-hydrogen) atoms. The van der Waals surface area contributed by atoms with Gasteiger partial charge in [0.05, 0.1) is 0 Å². The molecule has 1 aliphatic carbocycles. The Morgan fingerprint density at radius 1 is 1.62 bits per heavy atom. The first-order valence-electron chi connectivity index (χ1n) is 3.98. The molecule has 0 aromatic rings. The predicted octanol–water partition coefficient (Wildman–Crippen LogP) is 0.0997. The van der Waals surface area contributed by atoms with Crippen molar-refractivity contribution in [1.82, 2.24) is 0 Å². The number of aliphatic carboxylic acids is 1. The third-order valence-corrected chi connectivity index (χ3v) is 1.91. The molecule has 0 amide bonds. The highest BCUT2D eigenvalue weighted by atomic mass is 16.4. The quantitative estimate of drug-likeness (QED) is 0.647. The Labute approximate surface area is 75.7 Å². The number of carboxylic acids is 1. The fourth-order valence-corrected chi connectivity index (χ4v) is 1.14. The summed E-state index contributed by atoms with van der Waals surface area (Å²) in [6.45, 7) is 0. The number of carbonyl (C=O) groups is 2. The molecule has 4 nitrogen and oxygen atoms in total. The minimum Gasteiger partial charge on any atom is -0.480 e. The summed E-state index contributed by atoms with van der Waals surface area (Å²) in [6, 6.07) is -0.968. The maximum absolute atomic E-state index is 11.2. The number of nitrogens with two attached hydrogens (primary N) is 1. The van der Waals surface area contributed by atoms with Gasteiger partial charge in [-0.2, -0.15) is 0 Å². The standard InChI is InChI=1S/C9H11NO3/c10-7(9(12)13)5-6-3-1-2-4-8(6)11/h1-4,6-7H,5,10H2,(H,12,13)/t6?,7-/m0/s1. The largest absolute Gasteiger partial charge is 0.480 e. The molecule has 70 valence electrons. The van der Waals surface area contributed by atoms with Gasteiger partial charge in [-0.25, -0.2) is 0 Å². The van der Waals surface area contributed by atoms with Crippen molar-refractivity contribution in [2.45, 2.75) is 12.5 Å². The minimum absolute atomic E-state index is 0.0841. The van der Waals surface area contributed by atoms with Crippen LogP contribution in [0.3, 0.4) is 0 Å². The molecule has 1 unspecified atom stereocenters. The summed E-state index contributed by atoms with van der Waals surface area (Å²) < 4.78 is 0. The minimum atomic E-state index is -1.07. The summed E-state index contributed by atoms with van der Waals surface area (Å²) >= 11 is 0. The molecule has 0 saturated carbocycles. The highest BCUT2D eigenvalue weighted by molar-refractivity contribution is 5.94. The summed E-state index contributed by atoms with van der Waals surface area (Å²) in [7, 11) is 0. The van der Waals surface area contributed by atoms with Gasteiger partial charge in [0.1, 0.15) is 6.04 Å². The van der Waals surface area contributed by atoms with E-state index in [0.29, 0.717) is 0 Å². The van der Waals surface area contributed by atoms with Crippen LogP contribution in [0.4, 0.5) is 0 Å². The van der Waals surface area contributed by atoms with Crippen LogP contribution in [0.25, 0.3) is 0 Å². The molecule has 1 rings (SSSR count). The average molecular weight is 181 g/mol. The van der Waals surface area contributed by atoms with Gasteiger partial charge >= 0.3 is 5.97 Å². The summed E-state index contributed by atoms with van der Waals surface area (Å²) in [5.41, 5.74) is 5.30. The lowest BCUT2D eigenvalue weighted by Crippen LogP contribution is -2.33. The SMILES string of the molecule is N[C@@H](CC1C=CC=CC1=O)C(=O)O. The van der Waals surface area contributed by atoms with Gasteiger partial charge in [-0.15, -0.1) is 0 Å². The zero-order valence-electron chi connectivity index (χ0n) is 7.01. The number of carboxylic acid groups (broad SMARTS) is 1. The molecule has 0 aromatic carbocycles. The van der Waals surface area contributed by atoms with Crippen LogP contribution in [-0.4, -0.2) is 22.9 Å². The fraction of sp³-hybridized carbons (Fsp3) is 0.333. The molecular formula is C9H11NO3. The summed E-state index contributed by atoms with van der Waals surface area (Å²) in [6.07, 6.45) is 6.62. The molecule has 3 N–H and O–H groups in total. The van der Waals surface area contributed by atoms with Gasteiger partial charge < -0.3 is 10.8 Å². The third-order valence-electron chi connectivity index (χ3n) is 1.91. The predicted molar refractivity (Wildman–Crippen MR) is 47.0 cm³/mol. The number of ketones is 1. The zero-order valence-corrected chi connectivity index (χ0v) is 7.01.